The molecule has 66 heavy (non-hydrogen) atoms. The van der Waals surface area contributed by atoms with E-state index in [2.05, 4.69) is 216 Å². The summed E-state index contributed by atoms with van der Waals surface area (Å²) in [4.78, 5) is 5.11. The van der Waals surface area contributed by atoms with Gasteiger partial charge in [-0.05, 0) is 159 Å². The van der Waals surface area contributed by atoms with Crippen molar-refractivity contribution < 1.29 is 0 Å². The second-order valence-corrected chi connectivity index (χ2v) is 20.0. The van der Waals surface area contributed by atoms with Crippen LogP contribution in [0.15, 0.2) is 206 Å². The molecule has 4 fully saturated rings. The maximum absolute atomic E-state index is 2.61. The van der Waals surface area contributed by atoms with Crippen LogP contribution in [0.2, 0.25) is 0 Å². The Hall–Kier alpha value is -7.42. The molecule has 11 aromatic rings. The first kappa shape index (κ1) is 36.9. The zero-order valence-corrected chi connectivity index (χ0v) is 36.9. The summed E-state index contributed by atoms with van der Waals surface area (Å²) in [7, 11) is 0. The Morgan fingerprint density at radius 2 is 0.848 bits per heavy atom. The molecular formula is C64H48N2. The number of rotatable bonds is 6. The maximum atomic E-state index is 2.61. The first-order chi connectivity index (χ1) is 32.7. The van der Waals surface area contributed by atoms with E-state index in [0.29, 0.717) is 11.8 Å². The Kier molecular flexibility index (Phi) is 7.71. The van der Waals surface area contributed by atoms with E-state index < -0.39 is 0 Å². The predicted octanol–water partition coefficient (Wildman–Crippen LogP) is 17.6. The van der Waals surface area contributed by atoms with Crippen molar-refractivity contribution in [1.29, 1.82) is 0 Å². The molecule has 0 aromatic heterocycles. The van der Waals surface area contributed by atoms with Crippen LogP contribution < -0.4 is 9.80 Å². The first-order valence-corrected chi connectivity index (χ1v) is 24.3. The van der Waals surface area contributed by atoms with Gasteiger partial charge in [-0.1, -0.05) is 158 Å². The Morgan fingerprint density at radius 3 is 1.50 bits per heavy atom. The fourth-order valence-corrected chi connectivity index (χ4v) is 14.7. The van der Waals surface area contributed by atoms with E-state index in [1.54, 1.807) is 11.1 Å². The molecule has 2 nitrogen and oxygen atoms in total. The molecule has 2 heteroatoms. The maximum Gasteiger partial charge on any atom is 0.0546 e. The lowest BCUT2D eigenvalue weighted by atomic mass is 9.43. The van der Waals surface area contributed by atoms with Crippen LogP contribution in [-0.4, -0.2) is 0 Å². The lowest BCUT2D eigenvalue weighted by molar-refractivity contribution is -0.0399. The van der Waals surface area contributed by atoms with Crippen LogP contribution in [0.3, 0.4) is 0 Å². The lowest BCUT2D eigenvalue weighted by Gasteiger charge is -2.61. The van der Waals surface area contributed by atoms with E-state index in [1.165, 1.54) is 126 Å². The molecular weight excluding hydrogens is 797 g/mol. The average Bonchev–Trinajstić information content (AvgIpc) is 3.67. The minimum Gasteiger partial charge on any atom is -0.309 e. The summed E-state index contributed by atoms with van der Waals surface area (Å²) in [5, 5.41) is 12.7. The molecule has 5 aliphatic rings. The average molecular weight is 845 g/mol. The molecule has 314 valence electrons. The summed E-state index contributed by atoms with van der Waals surface area (Å²) in [6, 6.07) is 78.1. The minimum atomic E-state index is 0.0950. The molecule has 0 amide bonds. The molecule has 4 saturated carbocycles. The summed E-state index contributed by atoms with van der Waals surface area (Å²) in [6.45, 7) is 0. The van der Waals surface area contributed by atoms with Crippen LogP contribution in [-0.2, 0) is 5.41 Å². The molecule has 0 saturated heterocycles. The molecule has 0 aliphatic heterocycles. The third-order valence-corrected chi connectivity index (χ3v) is 16.9. The van der Waals surface area contributed by atoms with Gasteiger partial charge in [0.1, 0.15) is 0 Å². The van der Waals surface area contributed by atoms with Gasteiger partial charge in [-0.2, -0.15) is 0 Å². The van der Waals surface area contributed by atoms with E-state index in [4.69, 9.17) is 0 Å². The van der Waals surface area contributed by atoms with Crippen LogP contribution in [0.5, 0.6) is 0 Å². The molecule has 0 radical (unpaired) electrons. The number of hydrogen-bond donors (Lipinski definition) is 0. The SMILES string of the molecule is c1ccc(N(c2cccc3c2-c2ccccc2C32C3CC4CC(C3)CC2C4)c2ccc3ccc4c(N(c5ccccc5)c5cc6ccccc6c6ccccc56)ccc5ccc2c3c54)cc1. The highest BCUT2D eigenvalue weighted by molar-refractivity contribution is 6.28. The molecule has 0 unspecified atom stereocenters. The van der Waals surface area contributed by atoms with E-state index in [9.17, 15) is 0 Å². The van der Waals surface area contributed by atoms with Crippen molar-refractivity contribution in [2.45, 2.75) is 37.5 Å². The third kappa shape index (κ3) is 4.97. The highest BCUT2D eigenvalue weighted by Crippen LogP contribution is 2.70. The van der Waals surface area contributed by atoms with Crippen molar-refractivity contribution in [3.8, 4) is 11.1 Å². The van der Waals surface area contributed by atoms with Crippen molar-refractivity contribution in [2.24, 2.45) is 23.7 Å². The van der Waals surface area contributed by atoms with Gasteiger partial charge in [0.05, 0.1) is 22.7 Å². The molecule has 11 aromatic carbocycles. The Balaban J connectivity index is 0.979. The Morgan fingerprint density at radius 1 is 0.333 bits per heavy atom. The largest absolute Gasteiger partial charge is 0.309 e. The van der Waals surface area contributed by atoms with E-state index in [-0.39, 0.29) is 5.41 Å². The summed E-state index contributed by atoms with van der Waals surface area (Å²) in [5.74, 6) is 3.23. The molecule has 0 atom stereocenters. The van der Waals surface area contributed by atoms with E-state index in [0.717, 1.165) is 17.5 Å². The van der Waals surface area contributed by atoms with E-state index >= 15 is 0 Å². The quantitative estimate of drug-likeness (QED) is 0.154. The third-order valence-electron chi connectivity index (χ3n) is 16.9. The van der Waals surface area contributed by atoms with Gasteiger partial charge >= 0.3 is 0 Å². The lowest BCUT2D eigenvalue weighted by Crippen LogP contribution is -2.55. The fourth-order valence-electron chi connectivity index (χ4n) is 14.7. The zero-order valence-electron chi connectivity index (χ0n) is 36.9. The van der Waals surface area contributed by atoms with Crippen molar-refractivity contribution in [1.82, 2.24) is 0 Å². The monoisotopic (exact) mass is 844 g/mol. The van der Waals surface area contributed by atoms with Gasteiger partial charge in [-0.15, -0.1) is 0 Å². The standard InChI is InChI=1S/C64H48N2/c1-3-15-47(16-4-1)65(59-25-13-24-56-63(59)52-22-11-12-23-55(52)64(56)45-35-40-34-41(37-45)38-46(64)36-40)57-32-28-42-27-31-54-58(33-29-43-26-30-53(57)61(42)62(43)54)66(48-17-5-2-6-18-48)60-39-44-14-7-8-19-49(44)50-20-9-10-21-51(50)60/h1-33,39-41,45-46H,34-38H2. The van der Waals surface area contributed by atoms with Gasteiger partial charge in [-0.25, -0.2) is 0 Å². The first-order valence-electron chi connectivity index (χ1n) is 24.3. The highest BCUT2D eigenvalue weighted by atomic mass is 15.2. The van der Waals surface area contributed by atoms with Crippen LogP contribution in [0, 0.1) is 23.7 Å². The number of para-hydroxylation sites is 2. The summed E-state index contributed by atoms with van der Waals surface area (Å²) < 4.78 is 0. The number of anilines is 6. The van der Waals surface area contributed by atoms with Gasteiger partial charge in [0.25, 0.3) is 0 Å². The van der Waals surface area contributed by atoms with E-state index in [1.807, 2.05) is 0 Å². The fraction of sp³-hybridized carbons (Fsp3) is 0.156. The summed E-state index contributed by atoms with van der Waals surface area (Å²) in [6.07, 6.45) is 6.97. The molecule has 16 rings (SSSR count). The topological polar surface area (TPSA) is 6.48 Å². The summed E-state index contributed by atoms with van der Waals surface area (Å²) >= 11 is 0. The van der Waals surface area contributed by atoms with Crippen molar-refractivity contribution in [2.75, 3.05) is 9.80 Å². The van der Waals surface area contributed by atoms with Gasteiger partial charge in [0.15, 0.2) is 0 Å². The summed E-state index contributed by atoms with van der Waals surface area (Å²) in [5.41, 5.74) is 13.3. The molecule has 0 N–H and O–H groups in total. The minimum absolute atomic E-state index is 0.0950. The number of hydrogen-bond acceptors (Lipinski definition) is 2. The molecule has 0 heterocycles. The van der Waals surface area contributed by atoms with Crippen molar-refractivity contribution in [3.05, 3.63) is 217 Å². The Labute approximate surface area is 385 Å². The van der Waals surface area contributed by atoms with Crippen molar-refractivity contribution in [3.63, 3.8) is 0 Å². The highest BCUT2D eigenvalue weighted by Gasteiger charge is 2.62. The van der Waals surface area contributed by atoms with Gasteiger partial charge in [-0.3, -0.25) is 0 Å². The second kappa shape index (κ2) is 13.8. The second-order valence-electron chi connectivity index (χ2n) is 20.0. The number of fused-ring (bicyclic) bond motifs is 6. The van der Waals surface area contributed by atoms with Gasteiger partial charge in [0.2, 0.25) is 0 Å². The zero-order chi connectivity index (χ0) is 43.1. The van der Waals surface area contributed by atoms with Crippen LogP contribution in [0.4, 0.5) is 34.1 Å². The molecule has 1 spiro atoms. The van der Waals surface area contributed by atoms with Crippen LogP contribution in [0.25, 0.3) is 65.0 Å². The number of benzene rings is 11. The van der Waals surface area contributed by atoms with Crippen LogP contribution >= 0.6 is 0 Å². The molecule has 5 aliphatic carbocycles. The predicted molar refractivity (Wildman–Crippen MR) is 278 cm³/mol. The smallest absolute Gasteiger partial charge is 0.0546 e. The van der Waals surface area contributed by atoms with Gasteiger partial charge in [0, 0.05) is 38.5 Å². The van der Waals surface area contributed by atoms with Crippen molar-refractivity contribution >= 4 is 88.0 Å². The Bertz CT molecular complexity index is 3710. The number of nitrogens with zero attached hydrogens (tertiary/aromatic N) is 2. The molecule has 4 bridgehead atoms. The van der Waals surface area contributed by atoms with Crippen LogP contribution in [0.1, 0.15) is 43.2 Å². The normalized spacial score (nSPS) is 21.4. The van der Waals surface area contributed by atoms with Gasteiger partial charge < -0.3 is 9.80 Å².